The number of nitrogen functional groups attached to an aromatic ring is 1. The Morgan fingerprint density at radius 3 is 2.69 bits per heavy atom. The summed E-state index contributed by atoms with van der Waals surface area (Å²) in [4.78, 5) is 8.59. The second-order valence-electron chi connectivity index (χ2n) is 3.15. The van der Waals surface area contributed by atoms with Gasteiger partial charge in [-0.15, -0.1) is 0 Å². The van der Waals surface area contributed by atoms with Gasteiger partial charge in [-0.05, 0) is 28.8 Å². The van der Waals surface area contributed by atoms with Gasteiger partial charge in [0.15, 0.2) is 0 Å². The number of hydrogen-bond donors (Lipinski definition) is 2. The maximum absolute atomic E-state index is 5.72. The molecule has 5 heteroatoms. The molecule has 0 aliphatic heterocycles. The van der Waals surface area contributed by atoms with Crippen molar-refractivity contribution in [3.63, 3.8) is 0 Å². The van der Waals surface area contributed by atoms with Crippen molar-refractivity contribution in [2.75, 3.05) is 18.1 Å². The van der Waals surface area contributed by atoms with Crippen molar-refractivity contribution < 1.29 is 0 Å². The molecule has 70 valence electrons. The van der Waals surface area contributed by atoms with Crippen LogP contribution in [0.3, 0.4) is 0 Å². The molecule has 2 rings (SSSR count). The second-order valence-corrected chi connectivity index (χ2v) is 3.95. The minimum absolute atomic E-state index is 0.515. The van der Waals surface area contributed by atoms with E-state index in [1.807, 2.05) is 7.05 Å². The van der Waals surface area contributed by atoms with Gasteiger partial charge in [-0.2, -0.15) is 0 Å². The molecular formula is C8H11BrN4. The van der Waals surface area contributed by atoms with Crippen LogP contribution >= 0.6 is 15.9 Å². The van der Waals surface area contributed by atoms with E-state index in [2.05, 4.69) is 31.2 Å². The Bertz CT molecular complexity index is 335. The molecule has 3 N–H and O–H groups in total. The summed E-state index contributed by atoms with van der Waals surface area (Å²) in [7, 11) is 1.82. The molecule has 0 saturated heterocycles. The Hall–Kier alpha value is -0.840. The third kappa shape index (κ3) is 1.60. The van der Waals surface area contributed by atoms with Gasteiger partial charge in [0.2, 0.25) is 0 Å². The quantitative estimate of drug-likeness (QED) is 0.830. The topological polar surface area (TPSA) is 63.8 Å². The lowest BCUT2D eigenvalue weighted by Crippen LogP contribution is -2.04. The molecule has 1 fully saturated rings. The Morgan fingerprint density at radius 2 is 2.15 bits per heavy atom. The summed E-state index contributed by atoms with van der Waals surface area (Å²) in [5.74, 6) is 2.68. The molecule has 1 aromatic rings. The van der Waals surface area contributed by atoms with Crippen molar-refractivity contribution in [2.45, 2.75) is 18.8 Å². The lowest BCUT2D eigenvalue weighted by atomic mass is 10.4. The zero-order chi connectivity index (χ0) is 9.42. The monoisotopic (exact) mass is 242 g/mol. The number of nitrogens with one attached hydrogen (secondary N) is 1. The van der Waals surface area contributed by atoms with Crippen LogP contribution in [-0.4, -0.2) is 17.0 Å². The summed E-state index contributed by atoms with van der Waals surface area (Å²) < 4.78 is 0.749. The van der Waals surface area contributed by atoms with Gasteiger partial charge < -0.3 is 11.1 Å². The zero-order valence-electron chi connectivity index (χ0n) is 7.34. The highest BCUT2D eigenvalue weighted by molar-refractivity contribution is 9.10. The van der Waals surface area contributed by atoms with Crippen molar-refractivity contribution in [1.29, 1.82) is 0 Å². The van der Waals surface area contributed by atoms with Crippen molar-refractivity contribution in [2.24, 2.45) is 0 Å². The fourth-order valence-electron chi connectivity index (χ4n) is 1.17. The number of hydrogen-bond acceptors (Lipinski definition) is 4. The van der Waals surface area contributed by atoms with E-state index < -0.39 is 0 Å². The van der Waals surface area contributed by atoms with Gasteiger partial charge in [0.05, 0.1) is 0 Å². The maximum atomic E-state index is 5.72. The smallest absolute Gasteiger partial charge is 0.146 e. The standard InChI is InChI=1S/C8H11BrN4/c1-11-8-5(9)6(10)12-7(13-8)4-2-3-4/h4H,2-3H2,1H3,(H3,10,11,12,13). The van der Waals surface area contributed by atoms with E-state index in [1.165, 1.54) is 12.8 Å². The molecule has 0 radical (unpaired) electrons. The highest BCUT2D eigenvalue weighted by Crippen LogP contribution is 2.40. The van der Waals surface area contributed by atoms with Gasteiger partial charge in [-0.3, -0.25) is 0 Å². The van der Waals surface area contributed by atoms with Crippen LogP contribution in [0.1, 0.15) is 24.6 Å². The molecule has 0 atom stereocenters. The highest BCUT2D eigenvalue weighted by atomic mass is 79.9. The first kappa shape index (κ1) is 8.74. The normalized spacial score (nSPS) is 15.8. The number of aromatic nitrogens is 2. The summed E-state index contributed by atoms with van der Waals surface area (Å²) in [5, 5.41) is 2.98. The van der Waals surface area contributed by atoms with E-state index in [1.54, 1.807) is 0 Å². The fourth-order valence-corrected chi connectivity index (χ4v) is 1.55. The van der Waals surface area contributed by atoms with Crippen molar-refractivity contribution in [3.8, 4) is 0 Å². The van der Waals surface area contributed by atoms with Gasteiger partial charge in [0.1, 0.15) is 21.9 Å². The van der Waals surface area contributed by atoms with E-state index in [0.717, 1.165) is 16.1 Å². The first-order valence-corrected chi connectivity index (χ1v) is 5.02. The Morgan fingerprint density at radius 1 is 1.46 bits per heavy atom. The minimum Gasteiger partial charge on any atom is -0.383 e. The van der Waals surface area contributed by atoms with Gasteiger partial charge >= 0.3 is 0 Å². The Labute approximate surface area is 85.1 Å². The van der Waals surface area contributed by atoms with E-state index in [9.17, 15) is 0 Å². The second kappa shape index (κ2) is 3.14. The van der Waals surface area contributed by atoms with Crippen LogP contribution in [0.15, 0.2) is 4.47 Å². The van der Waals surface area contributed by atoms with E-state index >= 15 is 0 Å². The molecule has 1 aromatic heterocycles. The Balaban J connectivity index is 2.43. The largest absolute Gasteiger partial charge is 0.383 e. The van der Waals surface area contributed by atoms with Crippen molar-refractivity contribution >= 4 is 27.6 Å². The first-order chi connectivity index (χ1) is 6.22. The van der Waals surface area contributed by atoms with E-state index in [4.69, 9.17) is 5.73 Å². The van der Waals surface area contributed by atoms with Crippen molar-refractivity contribution in [3.05, 3.63) is 10.3 Å². The molecule has 1 aliphatic carbocycles. The van der Waals surface area contributed by atoms with Gasteiger partial charge in [0.25, 0.3) is 0 Å². The SMILES string of the molecule is CNc1nc(C2CC2)nc(N)c1Br. The third-order valence-electron chi connectivity index (χ3n) is 2.07. The summed E-state index contributed by atoms with van der Waals surface area (Å²) in [6.45, 7) is 0. The van der Waals surface area contributed by atoms with E-state index in [-0.39, 0.29) is 0 Å². The van der Waals surface area contributed by atoms with Crippen molar-refractivity contribution in [1.82, 2.24) is 9.97 Å². The fraction of sp³-hybridized carbons (Fsp3) is 0.500. The maximum Gasteiger partial charge on any atom is 0.146 e. The minimum atomic E-state index is 0.515. The molecular weight excluding hydrogens is 232 g/mol. The average molecular weight is 243 g/mol. The number of anilines is 2. The van der Waals surface area contributed by atoms with Crippen LogP contribution in [0.2, 0.25) is 0 Å². The third-order valence-corrected chi connectivity index (χ3v) is 2.86. The molecule has 0 bridgehead atoms. The average Bonchev–Trinajstić information content (AvgIpc) is 2.92. The lowest BCUT2D eigenvalue weighted by Gasteiger charge is -2.06. The van der Waals surface area contributed by atoms with Gasteiger partial charge in [-0.1, -0.05) is 0 Å². The molecule has 1 saturated carbocycles. The predicted molar refractivity (Wildman–Crippen MR) is 55.7 cm³/mol. The van der Waals surface area contributed by atoms with Crippen LogP contribution in [0, 0.1) is 0 Å². The zero-order valence-corrected chi connectivity index (χ0v) is 8.93. The van der Waals surface area contributed by atoms with E-state index in [0.29, 0.717) is 11.7 Å². The molecule has 1 heterocycles. The molecule has 0 amide bonds. The summed E-state index contributed by atoms with van der Waals surface area (Å²) in [6, 6.07) is 0. The van der Waals surface area contributed by atoms with Gasteiger partial charge in [-0.25, -0.2) is 9.97 Å². The molecule has 0 spiro atoms. The molecule has 13 heavy (non-hydrogen) atoms. The molecule has 0 unspecified atom stereocenters. The molecule has 1 aliphatic rings. The summed E-state index contributed by atoms with van der Waals surface area (Å²) >= 11 is 3.33. The van der Waals surface area contributed by atoms with Crippen LogP contribution < -0.4 is 11.1 Å². The summed E-state index contributed by atoms with van der Waals surface area (Å²) in [5.41, 5.74) is 5.72. The van der Waals surface area contributed by atoms with Crippen LogP contribution in [0.25, 0.3) is 0 Å². The molecule has 0 aromatic carbocycles. The van der Waals surface area contributed by atoms with Crippen LogP contribution in [-0.2, 0) is 0 Å². The highest BCUT2D eigenvalue weighted by Gasteiger charge is 2.27. The first-order valence-electron chi connectivity index (χ1n) is 4.23. The number of nitrogens with two attached hydrogens (primary N) is 1. The predicted octanol–water partition coefficient (Wildman–Crippen LogP) is 1.74. The lowest BCUT2D eigenvalue weighted by molar-refractivity contribution is 0.930. The van der Waals surface area contributed by atoms with Gasteiger partial charge in [0, 0.05) is 13.0 Å². The number of halogens is 1. The Kier molecular flexibility index (Phi) is 2.11. The van der Waals surface area contributed by atoms with Crippen LogP contribution in [0.4, 0.5) is 11.6 Å². The summed E-state index contributed by atoms with van der Waals surface area (Å²) in [6.07, 6.45) is 2.37. The number of rotatable bonds is 2. The number of nitrogens with zero attached hydrogens (tertiary/aromatic N) is 2. The van der Waals surface area contributed by atoms with Crippen LogP contribution in [0.5, 0.6) is 0 Å². The molecule has 4 nitrogen and oxygen atoms in total.